The summed E-state index contributed by atoms with van der Waals surface area (Å²) in [6, 6.07) is 2.19. The maximum absolute atomic E-state index is 8.55. The lowest BCUT2D eigenvalue weighted by molar-refractivity contribution is 0.282. The Morgan fingerprint density at radius 2 is 2.00 bits per heavy atom. The maximum atomic E-state index is 8.55. The van der Waals surface area contributed by atoms with Crippen LogP contribution < -0.4 is 0 Å². The molecule has 0 amide bonds. The molecule has 0 aromatic carbocycles. The van der Waals surface area contributed by atoms with Crippen LogP contribution in [-0.2, 0) is 6.42 Å². The van der Waals surface area contributed by atoms with Gasteiger partial charge in [0, 0.05) is 6.61 Å². The molecule has 2 heteroatoms. The largest absolute Gasteiger partial charge is 0.396 e. The lowest BCUT2D eigenvalue weighted by atomic mass is 10.1. The summed E-state index contributed by atoms with van der Waals surface area (Å²) in [7, 11) is 0. The average Bonchev–Trinajstić information content (AvgIpc) is 2.57. The van der Waals surface area contributed by atoms with Gasteiger partial charge in [-0.15, -0.1) is 0 Å². The van der Waals surface area contributed by atoms with Crippen molar-refractivity contribution in [1.82, 2.24) is 0 Å². The lowest BCUT2D eigenvalue weighted by Gasteiger charge is -1.97. The third-order valence-electron chi connectivity index (χ3n) is 1.95. The maximum Gasteiger partial charge on any atom is 0.0431 e. The van der Waals surface area contributed by atoms with Crippen molar-refractivity contribution in [3.63, 3.8) is 0 Å². The van der Waals surface area contributed by atoms with Crippen molar-refractivity contribution >= 4 is 11.3 Å². The van der Waals surface area contributed by atoms with E-state index in [0.717, 1.165) is 6.42 Å². The first kappa shape index (κ1) is 9.75. The van der Waals surface area contributed by atoms with Crippen LogP contribution in [0.15, 0.2) is 16.8 Å². The highest BCUT2D eigenvalue weighted by Gasteiger charge is 1.92. The molecule has 0 spiro atoms. The molecule has 0 radical (unpaired) electrons. The van der Waals surface area contributed by atoms with Crippen molar-refractivity contribution in [3.05, 3.63) is 22.4 Å². The molecule has 0 saturated carbocycles. The van der Waals surface area contributed by atoms with E-state index < -0.39 is 0 Å². The van der Waals surface area contributed by atoms with Crippen LogP contribution in [0.25, 0.3) is 0 Å². The first-order valence-corrected chi connectivity index (χ1v) is 5.49. The summed E-state index contributed by atoms with van der Waals surface area (Å²) in [6.07, 6.45) is 5.84. The van der Waals surface area contributed by atoms with Gasteiger partial charge in [-0.05, 0) is 41.7 Å². The number of aryl methyl sites for hydroxylation is 1. The number of thiophene rings is 1. The van der Waals surface area contributed by atoms with Gasteiger partial charge in [0.15, 0.2) is 0 Å². The highest BCUT2D eigenvalue weighted by atomic mass is 32.1. The van der Waals surface area contributed by atoms with E-state index in [9.17, 15) is 0 Å². The predicted molar refractivity (Wildman–Crippen MR) is 53.6 cm³/mol. The summed E-state index contributed by atoms with van der Waals surface area (Å²) >= 11 is 1.77. The molecular weight excluding hydrogens is 168 g/mol. The van der Waals surface area contributed by atoms with Gasteiger partial charge in [0.05, 0.1) is 0 Å². The first-order chi connectivity index (χ1) is 5.93. The molecule has 1 rings (SSSR count). The molecule has 0 unspecified atom stereocenters. The monoisotopic (exact) mass is 184 g/mol. The van der Waals surface area contributed by atoms with E-state index in [1.807, 2.05) is 0 Å². The van der Waals surface area contributed by atoms with Crippen LogP contribution in [0.5, 0.6) is 0 Å². The molecule has 1 aromatic heterocycles. The molecule has 0 saturated heterocycles. The second kappa shape index (κ2) is 6.21. The van der Waals surface area contributed by atoms with Gasteiger partial charge in [0.2, 0.25) is 0 Å². The highest BCUT2D eigenvalue weighted by molar-refractivity contribution is 7.07. The van der Waals surface area contributed by atoms with Gasteiger partial charge >= 0.3 is 0 Å². The fraction of sp³-hybridized carbons (Fsp3) is 0.600. The van der Waals surface area contributed by atoms with Crippen LogP contribution in [-0.4, -0.2) is 11.7 Å². The molecule has 12 heavy (non-hydrogen) atoms. The Balaban J connectivity index is 1.96. The Bertz CT molecular complexity index is 182. The van der Waals surface area contributed by atoms with Crippen molar-refractivity contribution in [2.24, 2.45) is 0 Å². The minimum Gasteiger partial charge on any atom is -0.396 e. The molecular formula is C10H16OS. The molecule has 68 valence electrons. The number of hydrogen-bond acceptors (Lipinski definition) is 2. The minimum absolute atomic E-state index is 0.346. The van der Waals surface area contributed by atoms with E-state index in [0.29, 0.717) is 6.61 Å². The van der Waals surface area contributed by atoms with Crippen LogP contribution in [0, 0.1) is 0 Å². The third-order valence-corrected chi connectivity index (χ3v) is 2.69. The average molecular weight is 184 g/mol. The molecule has 0 aliphatic carbocycles. The van der Waals surface area contributed by atoms with Crippen LogP contribution in [0.1, 0.15) is 31.2 Å². The predicted octanol–water partition coefficient (Wildman–Crippen LogP) is 2.84. The van der Waals surface area contributed by atoms with Crippen molar-refractivity contribution < 1.29 is 5.11 Å². The normalized spacial score (nSPS) is 10.4. The minimum atomic E-state index is 0.346. The molecule has 0 aliphatic rings. The van der Waals surface area contributed by atoms with Crippen LogP contribution in [0.2, 0.25) is 0 Å². The van der Waals surface area contributed by atoms with Gasteiger partial charge in [0.25, 0.3) is 0 Å². The van der Waals surface area contributed by atoms with Gasteiger partial charge in [-0.3, -0.25) is 0 Å². The molecule has 1 N–H and O–H groups in total. The smallest absolute Gasteiger partial charge is 0.0431 e. The quantitative estimate of drug-likeness (QED) is 0.674. The number of rotatable bonds is 6. The van der Waals surface area contributed by atoms with Crippen LogP contribution >= 0.6 is 11.3 Å². The van der Waals surface area contributed by atoms with Crippen LogP contribution in [0.3, 0.4) is 0 Å². The topological polar surface area (TPSA) is 20.2 Å². The summed E-state index contributed by atoms with van der Waals surface area (Å²) < 4.78 is 0. The lowest BCUT2D eigenvalue weighted by Crippen LogP contribution is -1.85. The molecule has 0 bridgehead atoms. The van der Waals surface area contributed by atoms with E-state index in [1.54, 1.807) is 11.3 Å². The molecule has 0 fully saturated rings. The molecule has 1 aromatic rings. The van der Waals surface area contributed by atoms with Crippen molar-refractivity contribution in [1.29, 1.82) is 0 Å². The molecule has 0 atom stereocenters. The van der Waals surface area contributed by atoms with Gasteiger partial charge in [-0.25, -0.2) is 0 Å². The second-order valence-electron chi connectivity index (χ2n) is 3.02. The SMILES string of the molecule is OCCCCCCc1ccsc1. The summed E-state index contributed by atoms with van der Waals surface area (Å²) in [6.45, 7) is 0.346. The number of unbranched alkanes of at least 4 members (excludes halogenated alkanes) is 3. The van der Waals surface area contributed by atoms with Gasteiger partial charge in [0.1, 0.15) is 0 Å². The first-order valence-electron chi connectivity index (χ1n) is 4.55. The third kappa shape index (κ3) is 3.88. The molecule has 0 aliphatic heterocycles. The Morgan fingerprint density at radius 3 is 2.67 bits per heavy atom. The number of aliphatic hydroxyl groups excluding tert-OH is 1. The van der Waals surface area contributed by atoms with Gasteiger partial charge in [-0.1, -0.05) is 12.8 Å². The zero-order valence-corrected chi connectivity index (χ0v) is 8.15. The van der Waals surface area contributed by atoms with Crippen LogP contribution in [0.4, 0.5) is 0 Å². The summed E-state index contributed by atoms with van der Waals surface area (Å²) in [4.78, 5) is 0. The Morgan fingerprint density at radius 1 is 1.17 bits per heavy atom. The zero-order valence-electron chi connectivity index (χ0n) is 7.33. The van der Waals surface area contributed by atoms with Gasteiger partial charge < -0.3 is 5.11 Å². The van der Waals surface area contributed by atoms with E-state index in [2.05, 4.69) is 16.8 Å². The van der Waals surface area contributed by atoms with E-state index >= 15 is 0 Å². The number of hydrogen-bond donors (Lipinski definition) is 1. The highest BCUT2D eigenvalue weighted by Crippen LogP contribution is 2.10. The van der Waals surface area contributed by atoms with E-state index in [1.165, 1.54) is 31.2 Å². The van der Waals surface area contributed by atoms with Gasteiger partial charge in [-0.2, -0.15) is 11.3 Å². The van der Waals surface area contributed by atoms with E-state index in [4.69, 9.17) is 5.11 Å². The molecule has 1 heterocycles. The fourth-order valence-corrected chi connectivity index (χ4v) is 1.93. The Labute approximate surface area is 78.1 Å². The summed E-state index contributed by atoms with van der Waals surface area (Å²) in [5.41, 5.74) is 1.46. The number of aliphatic hydroxyl groups is 1. The van der Waals surface area contributed by atoms with Crippen molar-refractivity contribution in [2.45, 2.75) is 32.1 Å². The summed E-state index contributed by atoms with van der Waals surface area (Å²) in [5.74, 6) is 0. The molecule has 1 nitrogen and oxygen atoms in total. The standard InChI is InChI=1S/C10H16OS/c11-7-4-2-1-3-5-10-6-8-12-9-10/h6,8-9,11H,1-5,7H2. The van der Waals surface area contributed by atoms with E-state index in [-0.39, 0.29) is 0 Å². The van der Waals surface area contributed by atoms with Crippen molar-refractivity contribution in [3.8, 4) is 0 Å². The van der Waals surface area contributed by atoms with Crippen molar-refractivity contribution in [2.75, 3.05) is 6.61 Å². The Hall–Kier alpha value is -0.340. The second-order valence-corrected chi connectivity index (χ2v) is 3.80. The Kier molecular flexibility index (Phi) is 5.04. The zero-order chi connectivity index (χ0) is 8.65. The fourth-order valence-electron chi connectivity index (χ4n) is 1.23. The summed E-state index contributed by atoms with van der Waals surface area (Å²) in [5, 5.41) is 12.9.